The second-order valence-corrected chi connectivity index (χ2v) is 16.4. The minimum Gasteiger partial charge on any atom is -0.341 e. The summed E-state index contributed by atoms with van der Waals surface area (Å²) in [6.45, 7) is 8.27. The molecule has 1 aromatic heterocycles. The molecule has 3 saturated carbocycles. The van der Waals surface area contributed by atoms with Gasteiger partial charge in [0.05, 0.1) is 18.3 Å². The van der Waals surface area contributed by atoms with Crippen molar-refractivity contribution in [3.05, 3.63) is 24.3 Å². The number of nitrogens with one attached hydrogen (secondary N) is 1. The first kappa shape index (κ1) is 37.0. The fourth-order valence-corrected chi connectivity index (χ4v) is 8.75. The molecule has 49 heavy (non-hydrogen) atoms. The number of Topliss-reactive ketones (excluding diaryl/α,β-unsaturated/α-hetero) is 4. The standard InChI is InChI=1S/C39H56N4O6/c1-5-10-26(36(47)33(46)19-24-15-16-24)20-32(45)35-28-14-9-13-27(28)23-43(35)38(49)29(39(2,3)4)21-31(44)34(25-11-7-6-8-12-25)42-37(48)30-22-40-17-18-41-30/h17-18,22,24-29,34-35H,5-16,19-21,23H2,1-4H3,(H,42,48)/t26-,27+,28+,29+,34-,35?/m1/s1. The fourth-order valence-electron chi connectivity index (χ4n) is 8.75. The van der Waals surface area contributed by atoms with Gasteiger partial charge in [-0.15, -0.1) is 0 Å². The molecule has 2 heterocycles. The van der Waals surface area contributed by atoms with Gasteiger partial charge in [-0.2, -0.15) is 0 Å². The smallest absolute Gasteiger partial charge is 0.272 e. The number of carbonyl (C=O) groups excluding carboxylic acids is 6. The van der Waals surface area contributed by atoms with Crippen LogP contribution in [0.2, 0.25) is 0 Å². The van der Waals surface area contributed by atoms with Crippen LogP contribution in [0.1, 0.15) is 134 Å². The lowest BCUT2D eigenvalue weighted by atomic mass is 9.74. The molecular weight excluding hydrogens is 620 g/mol. The monoisotopic (exact) mass is 676 g/mol. The summed E-state index contributed by atoms with van der Waals surface area (Å²) in [5, 5.41) is 2.97. The van der Waals surface area contributed by atoms with E-state index in [1.807, 2.05) is 27.7 Å². The zero-order valence-electron chi connectivity index (χ0n) is 30.0. The average molecular weight is 677 g/mol. The molecule has 1 saturated heterocycles. The summed E-state index contributed by atoms with van der Waals surface area (Å²) in [7, 11) is 0. The number of aromatic nitrogens is 2. The molecule has 6 atom stereocenters. The minimum absolute atomic E-state index is 0.0218. The van der Waals surface area contributed by atoms with Crippen LogP contribution in [-0.4, -0.2) is 68.4 Å². The summed E-state index contributed by atoms with van der Waals surface area (Å²) >= 11 is 0. The number of hydrogen-bond acceptors (Lipinski definition) is 8. The number of amides is 2. The van der Waals surface area contributed by atoms with Gasteiger partial charge in [-0.3, -0.25) is 33.8 Å². The van der Waals surface area contributed by atoms with Crippen LogP contribution in [0, 0.1) is 40.9 Å². The zero-order valence-corrected chi connectivity index (χ0v) is 30.0. The summed E-state index contributed by atoms with van der Waals surface area (Å²) in [5.41, 5.74) is -0.460. The van der Waals surface area contributed by atoms with Gasteiger partial charge in [0, 0.05) is 50.0 Å². The molecule has 0 spiro atoms. The molecule has 4 aliphatic rings. The lowest BCUT2D eigenvalue weighted by molar-refractivity contribution is -0.147. The molecular formula is C39H56N4O6. The molecule has 5 rings (SSSR count). The predicted molar refractivity (Wildman–Crippen MR) is 184 cm³/mol. The highest BCUT2D eigenvalue weighted by Crippen LogP contribution is 2.45. The summed E-state index contributed by atoms with van der Waals surface area (Å²) in [5.74, 6) is -2.65. The normalized spacial score (nSPS) is 24.5. The van der Waals surface area contributed by atoms with Gasteiger partial charge < -0.3 is 10.2 Å². The Morgan fingerprint density at radius 2 is 1.65 bits per heavy atom. The van der Waals surface area contributed by atoms with Crippen molar-refractivity contribution in [2.24, 2.45) is 40.9 Å². The molecule has 4 fully saturated rings. The maximum Gasteiger partial charge on any atom is 0.272 e. The van der Waals surface area contributed by atoms with E-state index >= 15 is 0 Å². The molecule has 3 aliphatic carbocycles. The van der Waals surface area contributed by atoms with Gasteiger partial charge in [0.2, 0.25) is 11.7 Å². The topological polar surface area (TPSA) is 143 Å². The van der Waals surface area contributed by atoms with Crippen LogP contribution in [0.4, 0.5) is 0 Å². The Morgan fingerprint density at radius 1 is 0.918 bits per heavy atom. The molecule has 10 heteroatoms. The average Bonchev–Trinajstić information content (AvgIpc) is 3.65. The van der Waals surface area contributed by atoms with Crippen LogP contribution in [0.25, 0.3) is 0 Å². The van der Waals surface area contributed by atoms with Crippen molar-refractivity contribution in [1.29, 1.82) is 0 Å². The predicted octanol–water partition coefficient (Wildman–Crippen LogP) is 5.72. The molecule has 0 aromatic carbocycles. The Bertz CT molecular complexity index is 1380. The molecule has 1 N–H and O–H groups in total. The van der Waals surface area contributed by atoms with Crippen molar-refractivity contribution in [2.75, 3.05) is 6.54 Å². The Hall–Kier alpha value is -3.30. The number of nitrogens with zero attached hydrogens (tertiary/aromatic N) is 3. The van der Waals surface area contributed by atoms with E-state index in [9.17, 15) is 28.8 Å². The highest BCUT2D eigenvalue weighted by Gasteiger charge is 2.52. The van der Waals surface area contributed by atoms with E-state index in [0.717, 1.165) is 64.2 Å². The van der Waals surface area contributed by atoms with Crippen molar-refractivity contribution in [2.45, 2.75) is 136 Å². The third-order valence-corrected chi connectivity index (χ3v) is 11.7. The highest BCUT2D eigenvalue weighted by molar-refractivity contribution is 6.38. The first-order valence-electron chi connectivity index (χ1n) is 18.9. The van der Waals surface area contributed by atoms with Crippen molar-refractivity contribution in [3.8, 4) is 0 Å². The van der Waals surface area contributed by atoms with Gasteiger partial charge in [0.1, 0.15) is 5.69 Å². The van der Waals surface area contributed by atoms with Crippen molar-refractivity contribution in [1.82, 2.24) is 20.2 Å². The van der Waals surface area contributed by atoms with Gasteiger partial charge in [-0.25, -0.2) is 4.98 Å². The third kappa shape index (κ3) is 9.09. The van der Waals surface area contributed by atoms with E-state index in [1.54, 1.807) is 4.90 Å². The van der Waals surface area contributed by atoms with E-state index < -0.39 is 41.0 Å². The van der Waals surface area contributed by atoms with Crippen LogP contribution in [0.3, 0.4) is 0 Å². The fraction of sp³-hybridized carbons (Fsp3) is 0.744. The third-order valence-electron chi connectivity index (χ3n) is 11.7. The number of likely N-dealkylation sites (tertiary alicyclic amines) is 1. The SMILES string of the molecule is CCC[C@H](CC(=O)C1[C@H]2CCC[C@H]2CN1C(=O)[C@H](CC(=O)[C@H](NC(=O)c1cnccn1)C1CCCCC1)C(C)(C)C)C(=O)C(=O)CC1CC1. The first-order valence-corrected chi connectivity index (χ1v) is 18.9. The lowest BCUT2D eigenvalue weighted by Gasteiger charge is -2.37. The Morgan fingerprint density at radius 3 is 2.29 bits per heavy atom. The maximum atomic E-state index is 14.7. The highest BCUT2D eigenvalue weighted by atomic mass is 16.2. The Kier molecular flexibility index (Phi) is 12.2. The molecule has 0 bridgehead atoms. The summed E-state index contributed by atoms with van der Waals surface area (Å²) < 4.78 is 0. The van der Waals surface area contributed by atoms with Gasteiger partial charge in [-0.05, 0) is 74.0 Å². The van der Waals surface area contributed by atoms with Gasteiger partial charge in [-0.1, -0.05) is 59.8 Å². The second kappa shape index (κ2) is 16.2. The minimum atomic E-state index is -0.753. The maximum absolute atomic E-state index is 14.7. The van der Waals surface area contributed by atoms with E-state index in [-0.39, 0.29) is 66.0 Å². The van der Waals surface area contributed by atoms with Crippen LogP contribution < -0.4 is 5.32 Å². The van der Waals surface area contributed by atoms with Gasteiger partial charge in [0.15, 0.2) is 17.3 Å². The number of hydrogen-bond donors (Lipinski definition) is 1. The van der Waals surface area contributed by atoms with Crippen LogP contribution in [0.5, 0.6) is 0 Å². The van der Waals surface area contributed by atoms with Crippen molar-refractivity contribution < 1.29 is 28.8 Å². The Labute approximate surface area is 291 Å². The van der Waals surface area contributed by atoms with Crippen molar-refractivity contribution >= 4 is 34.9 Å². The van der Waals surface area contributed by atoms with Crippen molar-refractivity contribution in [3.63, 3.8) is 0 Å². The lowest BCUT2D eigenvalue weighted by Crippen LogP contribution is -2.51. The number of fused-ring (bicyclic) bond motifs is 1. The molecule has 10 nitrogen and oxygen atoms in total. The number of ketones is 4. The summed E-state index contributed by atoms with van der Waals surface area (Å²) in [4.78, 5) is 92.3. The largest absolute Gasteiger partial charge is 0.341 e. The van der Waals surface area contributed by atoms with E-state index in [0.29, 0.717) is 25.3 Å². The van der Waals surface area contributed by atoms with Gasteiger partial charge in [0.25, 0.3) is 5.91 Å². The summed E-state index contributed by atoms with van der Waals surface area (Å²) in [6, 6.07) is -1.41. The van der Waals surface area contributed by atoms with Crippen LogP contribution in [0.15, 0.2) is 18.6 Å². The van der Waals surface area contributed by atoms with E-state index in [1.165, 1.54) is 18.6 Å². The van der Waals surface area contributed by atoms with Crippen LogP contribution >= 0.6 is 0 Å². The first-order chi connectivity index (χ1) is 23.4. The second-order valence-electron chi connectivity index (χ2n) is 16.4. The molecule has 2 amide bonds. The molecule has 1 unspecified atom stereocenters. The summed E-state index contributed by atoms with van der Waals surface area (Å²) in [6.07, 6.45) is 15.1. The van der Waals surface area contributed by atoms with Gasteiger partial charge >= 0.3 is 0 Å². The quantitative estimate of drug-likeness (QED) is 0.219. The zero-order chi connectivity index (χ0) is 35.3. The Balaban J connectivity index is 1.36. The molecule has 1 aromatic rings. The molecule has 268 valence electrons. The number of rotatable bonds is 16. The number of carbonyl (C=O) groups is 6. The molecule has 0 radical (unpaired) electrons. The van der Waals surface area contributed by atoms with E-state index in [2.05, 4.69) is 15.3 Å². The van der Waals surface area contributed by atoms with E-state index in [4.69, 9.17) is 0 Å². The molecule has 1 aliphatic heterocycles. The van der Waals surface area contributed by atoms with Crippen LogP contribution in [-0.2, 0) is 24.0 Å².